The summed E-state index contributed by atoms with van der Waals surface area (Å²) in [4.78, 5) is 15.8. The summed E-state index contributed by atoms with van der Waals surface area (Å²) < 4.78 is 65.2. The maximum Gasteiger partial charge on any atom is 0.492 e. The molecule has 0 saturated carbocycles. The van der Waals surface area contributed by atoms with Crippen molar-refractivity contribution in [2.75, 3.05) is 5.75 Å². The standard InChI is InChI=1S/C27H27F3NO4PS/c1-4-11-37-36(33,35-26-10-7-17(5-2)12-18(26)6-3)34-21-15-24-22(25(32)16-21)13-19-8-9-20(27(28,29)30)14-23(19)31-24/h7-10,12-16,31H,4-6,11H2,1-3H3. The normalized spacial score (nSPS) is 13.6. The average Bonchev–Trinajstić information content (AvgIpc) is 2.86. The van der Waals surface area contributed by atoms with Crippen molar-refractivity contribution in [3.63, 3.8) is 0 Å². The van der Waals surface area contributed by atoms with Gasteiger partial charge in [-0.1, -0.05) is 39.0 Å². The molecular weight excluding hydrogens is 522 g/mol. The van der Waals surface area contributed by atoms with Crippen LogP contribution < -0.4 is 14.5 Å². The van der Waals surface area contributed by atoms with E-state index in [1.807, 2.05) is 32.9 Å². The lowest BCUT2D eigenvalue weighted by Gasteiger charge is -2.21. The second kappa shape index (κ2) is 10.8. The highest BCUT2D eigenvalue weighted by molar-refractivity contribution is 8.55. The first-order valence-electron chi connectivity index (χ1n) is 12.0. The highest BCUT2D eigenvalue weighted by Gasteiger charge is 2.32. The van der Waals surface area contributed by atoms with Crippen LogP contribution in [0.2, 0.25) is 0 Å². The topological polar surface area (TPSA) is 68.4 Å². The number of H-pyrrole nitrogens is 1. The van der Waals surface area contributed by atoms with E-state index in [2.05, 4.69) is 4.98 Å². The van der Waals surface area contributed by atoms with Crippen LogP contribution in [0.25, 0.3) is 22.2 Å². The summed E-state index contributed by atoms with van der Waals surface area (Å²) in [7, 11) is 0. The number of rotatable bonds is 9. The van der Waals surface area contributed by atoms with E-state index in [4.69, 9.17) is 9.05 Å². The van der Waals surface area contributed by atoms with Crippen molar-refractivity contribution in [3.05, 3.63) is 81.5 Å². The van der Waals surface area contributed by atoms with Gasteiger partial charge in [-0.05, 0) is 71.4 Å². The third-order valence-electron chi connectivity index (χ3n) is 5.86. The highest BCUT2D eigenvalue weighted by atomic mass is 32.7. The van der Waals surface area contributed by atoms with Gasteiger partial charge in [-0.2, -0.15) is 13.2 Å². The molecule has 1 N–H and O–H groups in total. The number of fused-ring (bicyclic) bond motifs is 2. The van der Waals surface area contributed by atoms with E-state index in [0.717, 1.165) is 47.5 Å². The molecule has 37 heavy (non-hydrogen) atoms. The van der Waals surface area contributed by atoms with Crippen LogP contribution >= 0.6 is 18.2 Å². The molecule has 0 fully saturated rings. The molecule has 10 heteroatoms. The Labute approximate surface area is 217 Å². The molecule has 196 valence electrons. The van der Waals surface area contributed by atoms with Gasteiger partial charge in [0.15, 0.2) is 5.43 Å². The summed E-state index contributed by atoms with van der Waals surface area (Å²) in [5, 5.41) is 0.460. The molecule has 0 radical (unpaired) electrons. The Kier molecular flexibility index (Phi) is 7.95. The van der Waals surface area contributed by atoms with Gasteiger partial charge < -0.3 is 14.0 Å². The molecule has 1 aliphatic carbocycles. The predicted octanol–water partition coefficient (Wildman–Crippen LogP) is 8.49. The molecule has 5 nitrogen and oxygen atoms in total. The maximum absolute atomic E-state index is 13.8. The van der Waals surface area contributed by atoms with E-state index in [0.29, 0.717) is 23.3 Å². The largest absolute Gasteiger partial charge is 0.492 e. The van der Waals surface area contributed by atoms with E-state index >= 15 is 0 Å². The molecule has 0 amide bonds. The number of pyridine rings is 1. The number of nitrogens with one attached hydrogen (secondary N) is 1. The van der Waals surface area contributed by atoms with Gasteiger partial charge in [-0.3, -0.25) is 4.79 Å². The van der Waals surface area contributed by atoms with Gasteiger partial charge in [0.1, 0.15) is 11.5 Å². The third-order valence-corrected chi connectivity index (χ3v) is 9.57. The number of alkyl halides is 3. The van der Waals surface area contributed by atoms with Crippen molar-refractivity contribution < 1.29 is 26.8 Å². The molecule has 2 aromatic carbocycles. The van der Waals surface area contributed by atoms with Crippen molar-refractivity contribution >= 4 is 29.1 Å². The molecule has 0 bridgehead atoms. The number of aromatic nitrogens is 1. The van der Waals surface area contributed by atoms with E-state index in [9.17, 15) is 22.5 Å². The van der Waals surface area contributed by atoms with E-state index in [-0.39, 0.29) is 22.5 Å². The van der Waals surface area contributed by atoms with Gasteiger partial charge in [0.05, 0.1) is 11.3 Å². The Morgan fingerprint density at radius 1 is 0.946 bits per heavy atom. The van der Waals surface area contributed by atoms with Crippen LogP contribution in [0.15, 0.2) is 59.4 Å². The molecule has 1 heterocycles. The fraction of sp³-hybridized carbons (Fsp3) is 0.296. The van der Waals surface area contributed by atoms with Gasteiger partial charge in [0.2, 0.25) is 0 Å². The summed E-state index contributed by atoms with van der Waals surface area (Å²) in [6.45, 7) is 2.15. The summed E-state index contributed by atoms with van der Waals surface area (Å²) in [5.41, 5.74) is 1.55. The van der Waals surface area contributed by atoms with Crippen LogP contribution in [-0.4, -0.2) is 10.7 Å². The zero-order valence-electron chi connectivity index (χ0n) is 20.6. The minimum atomic E-state index is -4.50. The molecule has 2 aromatic rings. The van der Waals surface area contributed by atoms with Crippen LogP contribution in [-0.2, 0) is 23.6 Å². The van der Waals surface area contributed by atoms with Crippen LogP contribution in [0, 0.1) is 0 Å². The number of halogens is 3. The average molecular weight is 550 g/mol. The zero-order chi connectivity index (χ0) is 26.8. The zero-order valence-corrected chi connectivity index (χ0v) is 22.4. The first-order valence-corrected chi connectivity index (χ1v) is 15.1. The molecule has 2 aliphatic rings. The van der Waals surface area contributed by atoms with Crippen LogP contribution in [0.1, 0.15) is 43.9 Å². The lowest BCUT2D eigenvalue weighted by molar-refractivity contribution is -0.137. The third kappa shape index (κ3) is 6.16. The highest BCUT2D eigenvalue weighted by Crippen LogP contribution is 2.60. The van der Waals surface area contributed by atoms with E-state index in [1.165, 1.54) is 24.3 Å². The van der Waals surface area contributed by atoms with Gasteiger partial charge >= 0.3 is 13.0 Å². The minimum Gasteiger partial charge on any atom is -0.408 e. The Morgan fingerprint density at radius 2 is 1.73 bits per heavy atom. The van der Waals surface area contributed by atoms with Crippen molar-refractivity contribution in [3.8, 4) is 22.8 Å². The molecule has 1 aliphatic heterocycles. The smallest absolute Gasteiger partial charge is 0.408 e. The SMILES string of the molecule is CCCSP(=O)(Oc1cc2[nH]c3cc(C(F)(F)F)ccc3cc-2c(=O)c1)Oc1ccc(CC)cc1CC. The maximum atomic E-state index is 13.8. The van der Waals surface area contributed by atoms with Crippen molar-refractivity contribution in [2.24, 2.45) is 0 Å². The van der Waals surface area contributed by atoms with E-state index in [1.54, 1.807) is 6.07 Å². The Balaban J connectivity index is 1.74. The Hall–Kier alpha value is -2.90. The molecule has 4 rings (SSSR count). The minimum absolute atomic E-state index is 0.00948. The second-order valence-corrected chi connectivity index (χ2v) is 12.6. The first kappa shape index (κ1) is 27.1. The lowest BCUT2D eigenvalue weighted by atomic mass is 10.0. The molecule has 0 aromatic heterocycles. The van der Waals surface area contributed by atoms with Gasteiger partial charge in [0.25, 0.3) is 0 Å². The Morgan fingerprint density at radius 3 is 2.41 bits per heavy atom. The van der Waals surface area contributed by atoms with Gasteiger partial charge in [0, 0.05) is 29.0 Å². The Bertz CT molecular complexity index is 1500. The van der Waals surface area contributed by atoms with Gasteiger partial charge in [-0.15, -0.1) is 0 Å². The summed E-state index contributed by atoms with van der Waals surface area (Å²) >= 11 is 1.04. The number of aryl methyl sites for hydroxylation is 2. The van der Waals surface area contributed by atoms with Crippen LogP contribution in [0.4, 0.5) is 13.2 Å². The molecular formula is C27H27F3NO4PS. The molecule has 0 spiro atoms. The van der Waals surface area contributed by atoms with Crippen molar-refractivity contribution in [1.29, 1.82) is 0 Å². The quantitative estimate of drug-likeness (QED) is 0.168. The molecule has 0 saturated heterocycles. The number of aromatic amines is 1. The second-order valence-electron chi connectivity index (χ2n) is 8.56. The first-order chi connectivity index (χ1) is 17.5. The number of hydrogen-bond donors (Lipinski definition) is 1. The number of benzene rings is 3. The van der Waals surface area contributed by atoms with Crippen molar-refractivity contribution in [1.82, 2.24) is 4.98 Å². The van der Waals surface area contributed by atoms with Crippen LogP contribution in [0.5, 0.6) is 11.5 Å². The lowest BCUT2D eigenvalue weighted by Crippen LogP contribution is -2.09. The summed E-state index contributed by atoms with van der Waals surface area (Å²) in [5.74, 6) is 0.961. The predicted molar refractivity (Wildman–Crippen MR) is 143 cm³/mol. The fourth-order valence-electron chi connectivity index (χ4n) is 3.92. The summed E-state index contributed by atoms with van der Waals surface area (Å²) in [6.07, 6.45) is -2.25. The summed E-state index contributed by atoms with van der Waals surface area (Å²) in [6, 6.07) is 13.2. The monoisotopic (exact) mass is 549 g/mol. The van der Waals surface area contributed by atoms with Gasteiger partial charge in [-0.25, -0.2) is 4.57 Å². The fourth-order valence-corrected chi connectivity index (χ4v) is 7.28. The van der Waals surface area contributed by atoms with Crippen molar-refractivity contribution in [2.45, 2.75) is 46.2 Å². The van der Waals surface area contributed by atoms with Crippen LogP contribution in [0.3, 0.4) is 0 Å². The number of hydrogen-bond acceptors (Lipinski definition) is 5. The van der Waals surface area contributed by atoms with E-state index < -0.39 is 24.0 Å². The molecule has 1 unspecified atom stereocenters. The molecule has 1 atom stereocenters.